The lowest BCUT2D eigenvalue weighted by Crippen LogP contribution is -2.24. The molecule has 0 unspecified atom stereocenters. The molecule has 3 aromatic rings. The van der Waals surface area contributed by atoms with Gasteiger partial charge in [0.2, 0.25) is 6.79 Å². The lowest BCUT2D eigenvalue weighted by atomic mass is 10.1. The lowest BCUT2D eigenvalue weighted by molar-refractivity contribution is 0.0946. The number of nitrogens with zero attached hydrogens (tertiary/aromatic N) is 1. The third kappa shape index (κ3) is 4.35. The minimum Gasteiger partial charge on any atom is -0.454 e. The minimum atomic E-state index is -0.368. The van der Waals surface area contributed by atoms with Crippen molar-refractivity contribution in [3.05, 3.63) is 83.2 Å². The van der Waals surface area contributed by atoms with E-state index in [-0.39, 0.29) is 24.3 Å². The molecule has 0 spiro atoms. The predicted octanol–water partition coefficient (Wildman–Crippen LogP) is 3.30. The number of rotatable bonds is 5. The first-order valence-electron chi connectivity index (χ1n) is 9.09. The number of carbonyl (C=O) groups excluding carboxylic acids is 2. The Morgan fingerprint density at radius 2 is 1.76 bits per heavy atom. The third-order valence-electron chi connectivity index (χ3n) is 4.45. The Balaban J connectivity index is 1.40. The predicted molar refractivity (Wildman–Crippen MR) is 107 cm³/mol. The Bertz CT molecular complexity index is 1060. The Labute approximate surface area is 167 Å². The van der Waals surface area contributed by atoms with Crippen LogP contribution in [0.15, 0.2) is 60.8 Å². The van der Waals surface area contributed by atoms with E-state index in [9.17, 15) is 9.59 Å². The van der Waals surface area contributed by atoms with Crippen molar-refractivity contribution in [2.45, 2.75) is 13.5 Å². The Morgan fingerprint density at radius 3 is 2.59 bits per heavy atom. The monoisotopic (exact) mass is 389 g/mol. The number of fused-ring (bicyclic) bond motifs is 1. The zero-order valence-corrected chi connectivity index (χ0v) is 15.8. The average Bonchev–Trinajstić information content (AvgIpc) is 3.21. The first-order chi connectivity index (χ1) is 14.1. The van der Waals surface area contributed by atoms with E-state index in [1.165, 1.54) is 12.3 Å². The van der Waals surface area contributed by atoms with Gasteiger partial charge in [-0.15, -0.1) is 0 Å². The fourth-order valence-corrected chi connectivity index (χ4v) is 2.86. The van der Waals surface area contributed by atoms with Crippen LogP contribution in [0.3, 0.4) is 0 Å². The first kappa shape index (κ1) is 18.5. The van der Waals surface area contributed by atoms with Gasteiger partial charge in [-0.05, 0) is 48.9 Å². The Kier molecular flexibility index (Phi) is 5.11. The van der Waals surface area contributed by atoms with Crippen molar-refractivity contribution < 1.29 is 19.1 Å². The van der Waals surface area contributed by atoms with Crippen LogP contribution in [0.1, 0.15) is 32.0 Å². The SMILES string of the molecule is Cc1ccc(NC(=O)c2ccnc(C(=O)NCc3ccc4c(c3)OCO4)c2)cc1. The van der Waals surface area contributed by atoms with E-state index in [2.05, 4.69) is 15.6 Å². The normalized spacial score (nSPS) is 11.8. The minimum absolute atomic E-state index is 0.169. The number of hydrogen-bond acceptors (Lipinski definition) is 5. The quantitative estimate of drug-likeness (QED) is 0.699. The molecule has 1 aliphatic rings. The van der Waals surface area contributed by atoms with Gasteiger partial charge in [-0.1, -0.05) is 23.8 Å². The summed E-state index contributed by atoms with van der Waals surface area (Å²) in [6.07, 6.45) is 1.44. The van der Waals surface area contributed by atoms with Gasteiger partial charge in [-0.25, -0.2) is 0 Å². The number of pyridine rings is 1. The van der Waals surface area contributed by atoms with E-state index >= 15 is 0 Å². The fourth-order valence-electron chi connectivity index (χ4n) is 2.86. The molecule has 2 heterocycles. The van der Waals surface area contributed by atoms with Crippen LogP contribution in [0.5, 0.6) is 11.5 Å². The molecule has 7 heteroatoms. The van der Waals surface area contributed by atoms with Gasteiger partial charge in [0.05, 0.1) is 0 Å². The van der Waals surface area contributed by atoms with Gasteiger partial charge < -0.3 is 20.1 Å². The molecule has 0 radical (unpaired) electrons. The summed E-state index contributed by atoms with van der Waals surface area (Å²) >= 11 is 0. The molecule has 29 heavy (non-hydrogen) atoms. The molecule has 7 nitrogen and oxygen atoms in total. The maximum absolute atomic E-state index is 12.5. The second-order valence-electron chi connectivity index (χ2n) is 6.62. The molecule has 0 fully saturated rings. The second kappa shape index (κ2) is 8.02. The highest BCUT2D eigenvalue weighted by Gasteiger charge is 2.15. The number of aryl methyl sites for hydroxylation is 1. The van der Waals surface area contributed by atoms with Gasteiger partial charge in [-0.3, -0.25) is 14.6 Å². The van der Waals surface area contributed by atoms with Gasteiger partial charge in [0.15, 0.2) is 11.5 Å². The number of aromatic nitrogens is 1. The van der Waals surface area contributed by atoms with E-state index in [1.54, 1.807) is 12.1 Å². The zero-order valence-electron chi connectivity index (χ0n) is 15.8. The van der Waals surface area contributed by atoms with Crippen molar-refractivity contribution in [3.63, 3.8) is 0 Å². The van der Waals surface area contributed by atoms with Gasteiger partial charge in [0.1, 0.15) is 5.69 Å². The lowest BCUT2D eigenvalue weighted by Gasteiger charge is -2.08. The molecule has 0 saturated carbocycles. The maximum Gasteiger partial charge on any atom is 0.270 e. The number of nitrogens with one attached hydrogen (secondary N) is 2. The van der Waals surface area contributed by atoms with E-state index in [0.29, 0.717) is 29.3 Å². The summed E-state index contributed by atoms with van der Waals surface area (Å²) in [5, 5.41) is 5.61. The number of amides is 2. The second-order valence-corrected chi connectivity index (χ2v) is 6.62. The number of hydrogen-bond donors (Lipinski definition) is 2. The van der Waals surface area contributed by atoms with Crippen LogP contribution in [0.4, 0.5) is 5.69 Å². The van der Waals surface area contributed by atoms with Crippen LogP contribution in [-0.4, -0.2) is 23.6 Å². The van der Waals surface area contributed by atoms with E-state index in [0.717, 1.165) is 11.1 Å². The highest BCUT2D eigenvalue weighted by molar-refractivity contribution is 6.05. The summed E-state index contributed by atoms with van der Waals surface area (Å²) in [5.74, 6) is 0.674. The van der Waals surface area contributed by atoms with Crippen molar-refractivity contribution in [1.82, 2.24) is 10.3 Å². The molecule has 0 bridgehead atoms. The van der Waals surface area contributed by atoms with Gasteiger partial charge in [-0.2, -0.15) is 0 Å². The highest BCUT2D eigenvalue weighted by Crippen LogP contribution is 2.32. The largest absolute Gasteiger partial charge is 0.454 e. The zero-order chi connectivity index (χ0) is 20.2. The summed E-state index contributed by atoms with van der Waals surface area (Å²) in [4.78, 5) is 29.0. The Hall–Kier alpha value is -3.87. The van der Waals surface area contributed by atoms with E-state index in [4.69, 9.17) is 9.47 Å². The standard InChI is InChI=1S/C22H19N3O4/c1-14-2-5-17(6-3-14)25-21(26)16-8-9-23-18(11-16)22(27)24-12-15-4-7-19-20(10-15)29-13-28-19/h2-11H,12-13H2,1H3,(H,24,27)(H,25,26). The smallest absolute Gasteiger partial charge is 0.270 e. The van der Waals surface area contributed by atoms with Crippen LogP contribution in [0.2, 0.25) is 0 Å². The van der Waals surface area contributed by atoms with E-state index < -0.39 is 0 Å². The summed E-state index contributed by atoms with van der Waals surface area (Å²) in [5.41, 5.74) is 3.19. The topological polar surface area (TPSA) is 89.6 Å². The summed E-state index contributed by atoms with van der Waals surface area (Å²) < 4.78 is 10.6. The van der Waals surface area contributed by atoms with Crippen molar-refractivity contribution in [2.24, 2.45) is 0 Å². The molecule has 1 aromatic heterocycles. The first-order valence-corrected chi connectivity index (χ1v) is 9.09. The van der Waals surface area contributed by atoms with Crippen LogP contribution < -0.4 is 20.1 Å². The molecule has 0 atom stereocenters. The molecule has 4 rings (SSSR count). The molecule has 0 saturated heterocycles. The molecular formula is C22H19N3O4. The maximum atomic E-state index is 12.5. The van der Waals surface area contributed by atoms with Crippen LogP contribution in [0, 0.1) is 6.92 Å². The van der Waals surface area contributed by atoms with Crippen LogP contribution >= 0.6 is 0 Å². The summed E-state index contributed by atoms with van der Waals surface area (Å²) in [6, 6.07) is 16.0. The number of carbonyl (C=O) groups is 2. The number of benzene rings is 2. The van der Waals surface area contributed by atoms with Gasteiger partial charge in [0.25, 0.3) is 11.8 Å². The Morgan fingerprint density at radius 1 is 0.966 bits per heavy atom. The molecule has 2 amide bonds. The molecule has 146 valence electrons. The van der Waals surface area contributed by atoms with Crippen LogP contribution in [0.25, 0.3) is 0 Å². The summed E-state index contributed by atoms with van der Waals surface area (Å²) in [6.45, 7) is 2.48. The summed E-state index contributed by atoms with van der Waals surface area (Å²) in [7, 11) is 0. The van der Waals surface area contributed by atoms with Crippen molar-refractivity contribution in [2.75, 3.05) is 12.1 Å². The number of anilines is 1. The molecule has 2 aromatic carbocycles. The van der Waals surface area contributed by atoms with Gasteiger partial charge >= 0.3 is 0 Å². The van der Waals surface area contributed by atoms with E-state index in [1.807, 2.05) is 43.3 Å². The van der Waals surface area contributed by atoms with Crippen molar-refractivity contribution in [1.29, 1.82) is 0 Å². The number of ether oxygens (including phenoxy) is 2. The van der Waals surface area contributed by atoms with Crippen molar-refractivity contribution in [3.8, 4) is 11.5 Å². The van der Waals surface area contributed by atoms with Crippen molar-refractivity contribution >= 4 is 17.5 Å². The van der Waals surface area contributed by atoms with Crippen LogP contribution in [-0.2, 0) is 6.54 Å². The molecule has 0 aliphatic carbocycles. The molecule has 2 N–H and O–H groups in total. The molecular weight excluding hydrogens is 370 g/mol. The third-order valence-corrected chi connectivity index (χ3v) is 4.45. The molecule has 1 aliphatic heterocycles. The fraction of sp³-hybridized carbons (Fsp3) is 0.136. The highest BCUT2D eigenvalue weighted by atomic mass is 16.7. The average molecular weight is 389 g/mol. The van der Waals surface area contributed by atoms with Gasteiger partial charge in [0, 0.05) is 24.0 Å².